The van der Waals surface area contributed by atoms with Gasteiger partial charge in [-0.15, -0.1) is 0 Å². The number of unbranched alkanes of at least 4 members (excludes halogenated alkanes) is 3. The normalized spacial score (nSPS) is 21.2. The molecular weight excluding hydrogens is 614 g/mol. The standard InChI is InChI=1S/C31H40ClNO12/c1-41-22-14-23(21(32)13-20(22)30(40)45-29-28(39)27(38)24(16-34)44-31(29)42-2)43-17-19-9-7-8-18(12-19)15-33-25(35)10-5-3-4-6-11-26(36)37/h7-9,12-14,24,27-29,31,34,38-39H,3-6,10-11,15-17H2,1-2H3,(H,33,35)(H,36,37)/t24-,27-,28+,29-,31+/m1/s1. The summed E-state index contributed by atoms with van der Waals surface area (Å²) in [6.45, 7) is -0.125. The van der Waals surface area contributed by atoms with Crippen LogP contribution in [0.4, 0.5) is 0 Å². The maximum atomic E-state index is 13.1. The minimum absolute atomic E-state index is 0.0753. The maximum Gasteiger partial charge on any atom is 0.342 e. The zero-order valence-corrected chi connectivity index (χ0v) is 25.9. The molecule has 0 radical (unpaired) electrons. The van der Waals surface area contributed by atoms with E-state index in [0.717, 1.165) is 24.0 Å². The van der Waals surface area contributed by atoms with Crippen LogP contribution in [-0.4, -0.2) is 89.8 Å². The second-order valence-corrected chi connectivity index (χ2v) is 10.9. The Hall–Kier alpha value is -3.46. The summed E-state index contributed by atoms with van der Waals surface area (Å²) in [6.07, 6.45) is -3.52. The summed E-state index contributed by atoms with van der Waals surface area (Å²) in [5, 5.41) is 41.7. The fraction of sp³-hybridized carbons (Fsp3) is 0.516. The van der Waals surface area contributed by atoms with Crippen LogP contribution in [0.5, 0.6) is 11.5 Å². The zero-order valence-electron chi connectivity index (χ0n) is 25.1. The number of esters is 1. The Bertz CT molecular complexity index is 1290. The van der Waals surface area contributed by atoms with Crippen LogP contribution in [0.2, 0.25) is 5.02 Å². The Morgan fingerprint density at radius 2 is 1.67 bits per heavy atom. The molecule has 0 aliphatic carbocycles. The van der Waals surface area contributed by atoms with Crippen molar-refractivity contribution in [3.05, 3.63) is 58.1 Å². The fourth-order valence-electron chi connectivity index (χ4n) is 4.73. The van der Waals surface area contributed by atoms with Gasteiger partial charge in [-0.25, -0.2) is 4.79 Å². The molecule has 1 heterocycles. The van der Waals surface area contributed by atoms with E-state index in [4.69, 9.17) is 40.4 Å². The highest BCUT2D eigenvalue weighted by Gasteiger charge is 2.47. The molecule has 1 saturated heterocycles. The van der Waals surface area contributed by atoms with E-state index in [1.807, 2.05) is 24.3 Å². The van der Waals surface area contributed by atoms with Gasteiger partial charge in [0, 0.05) is 32.6 Å². The number of halogens is 1. The van der Waals surface area contributed by atoms with Crippen molar-refractivity contribution in [3.63, 3.8) is 0 Å². The number of benzene rings is 2. The molecule has 0 saturated carbocycles. The molecule has 1 aliphatic rings. The minimum Gasteiger partial charge on any atom is -0.496 e. The van der Waals surface area contributed by atoms with Crippen molar-refractivity contribution >= 4 is 29.4 Å². The van der Waals surface area contributed by atoms with Gasteiger partial charge in [0.05, 0.1) is 18.7 Å². The van der Waals surface area contributed by atoms with Crippen molar-refractivity contribution in [1.29, 1.82) is 0 Å². The second-order valence-electron chi connectivity index (χ2n) is 10.5. The van der Waals surface area contributed by atoms with Crippen molar-refractivity contribution < 1.29 is 58.5 Å². The number of methoxy groups -OCH3 is 2. The molecule has 13 nitrogen and oxygen atoms in total. The monoisotopic (exact) mass is 653 g/mol. The number of aliphatic hydroxyl groups is 3. The van der Waals surface area contributed by atoms with Crippen LogP contribution in [0.1, 0.15) is 60.0 Å². The predicted molar refractivity (Wildman–Crippen MR) is 160 cm³/mol. The number of aliphatic carboxylic acids is 1. The zero-order chi connectivity index (χ0) is 32.9. The topological polar surface area (TPSA) is 190 Å². The quantitative estimate of drug-likeness (QED) is 0.124. The molecule has 0 unspecified atom stereocenters. The number of carbonyl (C=O) groups excluding carboxylic acids is 2. The van der Waals surface area contributed by atoms with Gasteiger partial charge in [-0.2, -0.15) is 0 Å². The van der Waals surface area contributed by atoms with Crippen LogP contribution in [0, 0.1) is 0 Å². The van der Waals surface area contributed by atoms with Crippen molar-refractivity contribution in [3.8, 4) is 11.5 Å². The lowest BCUT2D eigenvalue weighted by Crippen LogP contribution is -2.60. The van der Waals surface area contributed by atoms with Gasteiger partial charge in [-0.05, 0) is 30.0 Å². The number of amides is 1. The molecule has 0 bridgehead atoms. The smallest absolute Gasteiger partial charge is 0.342 e. The number of nitrogens with one attached hydrogen (secondary N) is 1. The first-order valence-electron chi connectivity index (χ1n) is 14.5. The van der Waals surface area contributed by atoms with Gasteiger partial charge in [-0.3, -0.25) is 9.59 Å². The molecule has 5 atom stereocenters. The molecule has 45 heavy (non-hydrogen) atoms. The van der Waals surface area contributed by atoms with Crippen LogP contribution < -0.4 is 14.8 Å². The third kappa shape index (κ3) is 10.6. The Kier molecular flexibility index (Phi) is 14.3. The van der Waals surface area contributed by atoms with Gasteiger partial charge >= 0.3 is 11.9 Å². The third-order valence-corrected chi connectivity index (χ3v) is 7.49. The predicted octanol–water partition coefficient (Wildman–Crippen LogP) is 2.58. The number of hydrogen-bond acceptors (Lipinski definition) is 11. The second kappa shape index (κ2) is 17.9. The van der Waals surface area contributed by atoms with Gasteiger partial charge in [0.15, 0.2) is 12.4 Å². The summed E-state index contributed by atoms with van der Waals surface area (Å²) in [5.74, 6) is -1.52. The molecule has 2 aromatic rings. The average molecular weight is 654 g/mol. The van der Waals surface area contributed by atoms with E-state index in [1.165, 1.54) is 26.4 Å². The molecule has 0 spiro atoms. The molecule has 1 fully saturated rings. The molecule has 0 aromatic heterocycles. The Balaban J connectivity index is 1.56. The fourth-order valence-corrected chi connectivity index (χ4v) is 4.95. The number of aliphatic hydroxyl groups excluding tert-OH is 3. The van der Waals surface area contributed by atoms with Crippen molar-refractivity contribution in [2.24, 2.45) is 0 Å². The first-order chi connectivity index (χ1) is 21.6. The highest BCUT2D eigenvalue weighted by Crippen LogP contribution is 2.35. The first-order valence-corrected chi connectivity index (χ1v) is 14.9. The molecule has 248 valence electrons. The highest BCUT2D eigenvalue weighted by molar-refractivity contribution is 6.32. The van der Waals surface area contributed by atoms with E-state index in [2.05, 4.69) is 5.32 Å². The minimum atomic E-state index is -1.60. The Morgan fingerprint density at radius 1 is 0.956 bits per heavy atom. The lowest BCUT2D eigenvalue weighted by Gasteiger charge is -2.40. The summed E-state index contributed by atoms with van der Waals surface area (Å²) in [5.41, 5.74) is 1.59. The maximum absolute atomic E-state index is 13.1. The largest absolute Gasteiger partial charge is 0.496 e. The third-order valence-electron chi connectivity index (χ3n) is 7.19. The van der Waals surface area contributed by atoms with Gasteiger partial charge in [0.2, 0.25) is 5.91 Å². The number of carboxylic acids is 1. The molecule has 14 heteroatoms. The Labute approximate surface area is 265 Å². The van der Waals surface area contributed by atoms with Crippen molar-refractivity contribution in [1.82, 2.24) is 5.32 Å². The van der Waals surface area contributed by atoms with E-state index >= 15 is 0 Å². The summed E-state index contributed by atoms with van der Waals surface area (Å²) >= 11 is 6.43. The number of hydrogen-bond donors (Lipinski definition) is 5. The van der Waals surface area contributed by atoms with E-state index in [1.54, 1.807) is 0 Å². The number of rotatable bonds is 17. The molecule has 1 aliphatic heterocycles. The summed E-state index contributed by atoms with van der Waals surface area (Å²) in [7, 11) is 2.60. The van der Waals surface area contributed by atoms with Gasteiger partial charge in [0.1, 0.15) is 42.0 Å². The highest BCUT2D eigenvalue weighted by atomic mass is 35.5. The lowest BCUT2D eigenvalue weighted by atomic mass is 9.99. The number of ether oxygens (including phenoxy) is 5. The molecule has 2 aromatic carbocycles. The summed E-state index contributed by atoms with van der Waals surface area (Å²) in [6, 6.07) is 10.1. The number of carboxylic acid groups (broad SMARTS) is 1. The van der Waals surface area contributed by atoms with Crippen LogP contribution in [0.15, 0.2) is 36.4 Å². The van der Waals surface area contributed by atoms with Gasteiger partial charge in [0.25, 0.3) is 0 Å². The van der Waals surface area contributed by atoms with E-state index in [0.29, 0.717) is 25.8 Å². The summed E-state index contributed by atoms with van der Waals surface area (Å²) < 4.78 is 27.2. The van der Waals surface area contributed by atoms with Gasteiger partial charge < -0.3 is 49.4 Å². The molecular formula is C31H40ClNO12. The number of carbonyl (C=O) groups is 3. The van der Waals surface area contributed by atoms with Crippen LogP contribution in [0.25, 0.3) is 0 Å². The molecule has 5 N–H and O–H groups in total. The first kappa shape index (κ1) is 36.0. The van der Waals surface area contributed by atoms with Crippen LogP contribution in [-0.2, 0) is 37.0 Å². The van der Waals surface area contributed by atoms with Crippen LogP contribution >= 0.6 is 11.6 Å². The van der Waals surface area contributed by atoms with Crippen molar-refractivity contribution in [2.75, 3.05) is 20.8 Å². The lowest BCUT2D eigenvalue weighted by molar-refractivity contribution is -0.293. The van der Waals surface area contributed by atoms with Gasteiger partial charge in [-0.1, -0.05) is 48.7 Å². The van der Waals surface area contributed by atoms with Crippen molar-refractivity contribution in [2.45, 2.75) is 82.4 Å². The van der Waals surface area contributed by atoms with E-state index in [9.17, 15) is 29.7 Å². The SMILES string of the molecule is COc1cc(OCc2cccc(CNC(=O)CCCCCCC(=O)O)c2)c(Cl)cc1C(=O)O[C@H]1[C@@H](OC)O[C@H](CO)[C@@H](O)[C@@H]1O. The van der Waals surface area contributed by atoms with Crippen LogP contribution in [0.3, 0.4) is 0 Å². The Morgan fingerprint density at radius 3 is 2.33 bits per heavy atom. The average Bonchev–Trinajstić information content (AvgIpc) is 3.03. The molecule has 1 amide bonds. The summed E-state index contributed by atoms with van der Waals surface area (Å²) in [4.78, 5) is 35.8. The van der Waals surface area contributed by atoms with E-state index < -0.39 is 49.3 Å². The molecule has 3 rings (SSSR count). The van der Waals surface area contributed by atoms with E-state index in [-0.39, 0.29) is 41.0 Å².